The summed E-state index contributed by atoms with van der Waals surface area (Å²) in [4.78, 5) is 13.8. The van der Waals surface area contributed by atoms with Gasteiger partial charge in [0.15, 0.2) is 5.65 Å². The number of anilines is 1. The number of benzene rings is 1. The Balaban J connectivity index is 1.44. The van der Waals surface area contributed by atoms with E-state index in [1.54, 1.807) is 0 Å². The highest BCUT2D eigenvalue weighted by atomic mass is 16.5. The molecule has 1 aliphatic carbocycles. The number of fused-ring (bicyclic) bond motifs is 2. The third kappa shape index (κ3) is 3.74. The predicted octanol–water partition coefficient (Wildman–Crippen LogP) is 4.12. The van der Waals surface area contributed by atoms with Crippen LogP contribution in [0, 0.1) is 0 Å². The number of piperidine rings is 1. The fourth-order valence-corrected chi connectivity index (χ4v) is 5.28. The lowest BCUT2D eigenvalue weighted by molar-refractivity contribution is 0.171. The molecule has 3 N–H and O–H groups in total. The fraction of sp³-hybridized carbons (Fsp3) is 0.458. The zero-order chi connectivity index (χ0) is 22.2. The normalized spacial score (nSPS) is 25.4. The molecule has 4 unspecified atom stereocenters. The average Bonchev–Trinajstić information content (AvgIpc) is 3.18. The van der Waals surface area contributed by atoms with Crippen LogP contribution < -0.4 is 20.7 Å². The molecule has 168 valence electrons. The number of ether oxygens (including phenoxy) is 1. The number of nitrogens with zero attached hydrogens (tertiary/aromatic N) is 4. The Morgan fingerprint density at radius 3 is 2.53 bits per heavy atom. The number of hydrogen-bond donors (Lipinski definition) is 2. The molecule has 1 aliphatic heterocycles. The smallest absolute Gasteiger partial charge is 0.312 e. The molecule has 0 radical (unpaired) electrons. The van der Waals surface area contributed by atoms with Gasteiger partial charge in [-0.05, 0) is 69.2 Å². The van der Waals surface area contributed by atoms with Crippen LogP contribution >= 0.6 is 0 Å². The number of carbonyl (C=O) groups is 1. The molecule has 0 bridgehead atoms. The summed E-state index contributed by atoms with van der Waals surface area (Å²) in [5, 5.41) is 11.8. The molecule has 2 amide bonds. The van der Waals surface area contributed by atoms with E-state index in [0.29, 0.717) is 12.1 Å². The average molecular weight is 435 g/mol. The minimum atomic E-state index is -0.504. The topological polar surface area (TPSA) is 97.8 Å². The quantitative estimate of drug-likeness (QED) is 0.644. The van der Waals surface area contributed by atoms with Crippen LogP contribution in [0.2, 0.25) is 0 Å². The fourth-order valence-electron chi connectivity index (χ4n) is 5.28. The molecule has 2 aromatic heterocycles. The Morgan fingerprint density at radius 2 is 1.78 bits per heavy atom. The number of pyridine rings is 1. The number of amides is 2. The van der Waals surface area contributed by atoms with Gasteiger partial charge in [0.25, 0.3) is 0 Å². The van der Waals surface area contributed by atoms with Crippen molar-refractivity contribution in [2.24, 2.45) is 5.73 Å². The maximum Gasteiger partial charge on any atom is 0.312 e. The SMILES string of the molecule is CC1CCCC(C)N1c1nnc2ccc(OC3CCC(NC(N)=O)c4ccccc43)cn12. The standard InChI is InChI=1S/C24H30N6O2/c1-15-6-5-7-16(2)30(15)24-28-27-22-13-10-17(14-29(22)24)32-21-12-11-20(26-23(25)31)18-8-3-4-9-19(18)21/h3-4,8-10,13-16,20-21H,5-7,11-12H2,1-2H3,(H3,25,26,31). The van der Waals surface area contributed by atoms with E-state index in [-0.39, 0.29) is 12.1 Å². The Bertz CT molecular complexity index is 1120. The number of carbonyl (C=O) groups excluding carboxylic acids is 1. The van der Waals surface area contributed by atoms with Crippen molar-refractivity contribution in [3.05, 3.63) is 53.7 Å². The number of nitrogens with two attached hydrogens (primary N) is 1. The third-order valence-corrected chi connectivity index (χ3v) is 6.81. The van der Waals surface area contributed by atoms with E-state index in [1.165, 1.54) is 6.42 Å². The molecule has 1 aromatic carbocycles. The minimum Gasteiger partial charge on any atom is -0.484 e. The van der Waals surface area contributed by atoms with Crippen LogP contribution in [0.4, 0.5) is 10.7 Å². The first-order valence-corrected chi connectivity index (χ1v) is 11.5. The summed E-state index contributed by atoms with van der Waals surface area (Å²) in [5.41, 5.74) is 8.33. The summed E-state index contributed by atoms with van der Waals surface area (Å²) < 4.78 is 8.51. The van der Waals surface area contributed by atoms with Gasteiger partial charge < -0.3 is 20.7 Å². The number of rotatable bonds is 4. The molecule has 4 atom stereocenters. The zero-order valence-corrected chi connectivity index (χ0v) is 18.6. The van der Waals surface area contributed by atoms with Gasteiger partial charge in [-0.3, -0.25) is 4.40 Å². The van der Waals surface area contributed by atoms with E-state index in [1.807, 2.05) is 40.9 Å². The van der Waals surface area contributed by atoms with Crippen LogP contribution in [0.1, 0.15) is 69.2 Å². The molecule has 1 saturated heterocycles. The molecular formula is C24H30N6O2. The van der Waals surface area contributed by atoms with Crippen LogP contribution in [-0.4, -0.2) is 32.7 Å². The van der Waals surface area contributed by atoms with E-state index in [4.69, 9.17) is 10.5 Å². The van der Waals surface area contributed by atoms with Crippen LogP contribution in [0.15, 0.2) is 42.6 Å². The van der Waals surface area contributed by atoms with Crippen molar-refractivity contribution < 1.29 is 9.53 Å². The van der Waals surface area contributed by atoms with Gasteiger partial charge in [0.2, 0.25) is 5.95 Å². The van der Waals surface area contributed by atoms with Crippen LogP contribution in [0.3, 0.4) is 0 Å². The summed E-state index contributed by atoms with van der Waals surface area (Å²) in [5.74, 6) is 1.65. The molecule has 1 fully saturated rings. The Kier molecular flexibility index (Phi) is 5.36. The Morgan fingerprint density at radius 1 is 1.03 bits per heavy atom. The highest BCUT2D eigenvalue weighted by Gasteiger charge is 2.30. The van der Waals surface area contributed by atoms with Crippen molar-refractivity contribution in [3.63, 3.8) is 0 Å². The number of nitrogens with one attached hydrogen (secondary N) is 1. The third-order valence-electron chi connectivity index (χ3n) is 6.81. The molecule has 0 spiro atoms. The molecule has 0 saturated carbocycles. The van der Waals surface area contributed by atoms with E-state index in [2.05, 4.69) is 40.3 Å². The van der Waals surface area contributed by atoms with E-state index in [0.717, 1.165) is 54.2 Å². The number of urea groups is 1. The molecule has 3 aromatic rings. The molecule has 2 aliphatic rings. The van der Waals surface area contributed by atoms with Gasteiger partial charge in [-0.25, -0.2) is 4.79 Å². The second-order valence-corrected chi connectivity index (χ2v) is 9.00. The van der Waals surface area contributed by atoms with Gasteiger partial charge in [0, 0.05) is 12.1 Å². The summed E-state index contributed by atoms with van der Waals surface area (Å²) >= 11 is 0. The Labute approximate surface area is 187 Å². The Hall–Kier alpha value is -3.29. The lowest BCUT2D eigenvalue weighted by atomic mass is 9.85. The van der Waals surface area contributed by atoms with E-state index < -0.39 is 6.03 Å². The van der Waals surface area contributed by atoms with Crippen molar-refractivity contribution in [3.8, 4) is 5.75 Å². The molecule has 8 heteroatoms. The summed E-state index contributed by atoms with van der Waals surface area (Å²) in [6.07, 6.45) is 7.03. The maximum absolute atomic E-state index is 11.4. The molecule has 32 heavy (non-hydrogen) atoms. The van der Waals surface area contributed by atoms with Gasteiger partial charge in [0.1, 0.15) is 11.9 Å². The number of hydrogen-bond acceptors (Lipinski definition) is 5. The van der Waals surface area contributed by atoms with Crippen LogP contribution in [-0.2, 0) is 0 Å². The molecule has 3 heterocycles. The number of primary amides is 1. The highest BCUT2D eigenvalue weighted by molar-refractivity contribution is 5.72. The molecular weight excluding hydrogens is 404 g/mol. The van der Waals surface area contributed by atoms with Crippen molar-refractivity contribution in [1.29, 1.82) is 0 Å². The molecule has 5 rings (SSSR count). The van der Waals surface area contributed by atoms with Gasteiger partial charge in [-0.2, -0.15) is 0 Å². The van der Waals surface area contributed by atoms with Gasteiger partial charge >= 0.3 is 6.03 Å². The lowest BCUT2D eigenvalue weighted by Gasteiger charge is -2.39. The van der Waals surface area contributed by atoms with E-state index in [9.17, 15) is 4.79 Å². The lowest BCUT2D eigenvalue weighted by Crippen LogP contribution is -2.44. The summed E-state index contributed by atoms with van der Waals surface area (Å²) in [7, 11) is 0. The first-order chi connectivity index (χ1) is 15.5. The van der Waals surface area contributed by atoms with Crippen LogP contribution in [0.5, 0.6) is 5.75 Å². The minimum absolute atomic E-state index is 0.0856. The van der Waals surface area contributed by atoms with Crippen molar-refractivity contribution in [1.82, 2.24) is 19.9 Å². The predicted molar refractivity (Wildman–Crippen MR) is 123 cm³/mol. The zero-order valence-electron chi connectivity index (χ0n) is 18.6. The van der Waals surface area contributed by atoms with E-state index >= 15 is 0 Å². The summed E-state index contributed by atoms with van der Waals surface area (Å²) in [6.45, 7) is 4.51. The summed E-state index contributed by atoms with van der Waals surface area (Å²) in [6, 6.07) is 12.3. The van der Waals surface area contributed by atoms with Crippen molar-refractivity contribution in [2.45, 2.75) is 70.2 Å². The van der Waals surface area contributed by atoms with Gasteiger partial charge in [-0.15, -0.1) is 10.2 Å². The maximum atomic E-state index is 11.4. The highest BCUT2D eigenvalue weighted by Crippen LogP contribution is 2.39. The van der Waals surface area contributed by atoms with Crippen molar-refractivity contribution in [2.75, 3.05) is 4.90 Å². The van der Waals surface area contributed by atoms with Gasteiger partial charge in [-0.1, -0.05) is 24.3 Å². The second kappa shape index (κ2) is 8.33. The number of aromatic nitrogens is 3. The molecule has 8 nitrogen and oxygen atoms in total. The van der Waals surface area contributed by atoms with Crippen molar-refractivity contribution >= 4 is 17.6 Å². The van der Waals surface area contributed by atoms with Gasteiger partial charge in [0.05, 0.1) is 12.2 Å². The monoisotopic (exact) mass is 434 g/mol. The first-order valence-electron chi connectivity index (χ1n) is 11.5. The first kappa shape index (κ1) is 20.6. The largest absolute Gasteiger partial charge is 0.484 e. The second-order valence-electron chi connectivity index (χ2n) is 9.00. The van der Waals surface area contributed by atoms with Crippen LogP contribution in [0.25, 0.3) is 5.65 Å².